The van der Waals surface area contributed by atoms with Gasteiger partial charge >= 0.3 is 11.9 Å². The first-order valence-corrected chi connectivity index (χ1v) is 6.67. The molecule has 0 spiro atoms. The Bertz CT molecular complexity index is 316. The predicted molar refractivity (Wildman–Crippen MR) is 77.2 cm³/mol. The number of carboxylic acid groups (broad SMARTS) is 2. The Hall–Kier alpha value is -1.58. The van der Waals surface area contributed by atoms with Gasteiger partial charge in [-0.1, -0.05) is 45.8 Å². The van der Waals surface area contributed by atoms with Crippen LogP contribution >= 0.6 is 0 Å². The van der Waals surface area contributed by atoms with E-state index in [1.165, 1.54) is 19.3 Å². The highest BCUT2D eigenvalue weighted by atomic mass is 16.4. The first-order valence-electron chi connectivity index (χ1n) is 6.67. The van der Waals surface area contributed by atoms with Gasteiger partial charge in [-0.2, -0.15) is 0 Å². The van der Waals surface area contributed by atoms with Crippen molar-refractivity contribution in [1.82, 2.24) is 0 Å². The fourth-order valence-corrected chi connectivity index (χ4v) is 1.13. The second-order valence-corrected chi connectivity index (χ2v) is 4.30. The molecule has 0 saturated carbocycles. The second-order valence-electron chi connectivity index (χ2n) is 4.30. The average Bonchev–Trinajstić information content (AvgIpc) is 2.37. The number of carboxylic acids is 2. The Labute approximate surface area is 115 Å². The Morgan fingerprint density at radius 2 is 1.63 bits per heavy atom. The molecule has 0 aromatic heterocycles. The van der Waals surface area contributed by atoms with Crippen LogP contribution in [0.4, 0.5) is 0 Å². The Balaban J connectivity index is 0. The summed E-state index contributed by atoms with van der Waals surface area (Å²) < 4.78 is 0. The van der Waals surface area contributed by atoms with Gasteiger partial charge in [0.15, 0.2) is 0 Å². The molecule has 0 atom stereocenters. The van der Waals surface area contributed by atoms with Gasteiger partial charge in [-0.25, -0.2) is 9.59 Å². The molecule has 0 aromatic rings. The van der Waals surface area contributed by atoms with Crippen LogP contribution < -0.4 is 0 Å². The van der Waals surface area contributed by atoms with E-state index >= 15 is 0 Å². The van der Waals surface area contributed by atoms with Gasteiger partial charge in [0.25, 0.3) is 0 Å². The lowest BCUT2D eigenvalue weighted by molar-refractivity contribution is -0.133. The minimum Gasteiger partial charge on any atom is -0.478 e. The van der Waals surface area contributed by atoms with Crippen molar-refractivity contribution < 1.29 is 19.8 Å². The van der Waals surface area contributed by atoms with Crippen LogP contribution in [0.1, 0.15) is 59.3 Å². The first kappa shape index (κ1) is 19.8. The molecule has 4 heteroatoms. The van der Waals surface area contributed by atoms with E-state index in [1.807, 2.05) is 0 Å². The van der Waals surface area contributed by atoms with Crippen LogP contribution in [0.15, 0.2) is 23.8 Å². The van der Waals surface area contributed by atoms with Crippen molar-refractivity contribution in [3.63, 3.8) is 0 Å². The number of aliphatic carboxylic acids is 2. The lowest BCUT2D eigenvalue weighted by Gasteiger charge is -1.95. The summed E-state index contributed by atoms with van der Waals surface area (Å²) in [5, 5.41) is 16.6. The molecule has 0 rings (SSSR count). The summed E-state index contributed by atoms with van der Waals surface area (Å²) in [7, 11) is 0. The normalized spacial score (nSPS) is 10.4. The molecule has 0 aromatic carbocycles. The minimum absolute atomic E-state index is 0.264. The summed E-state index contributed by atoms with van der Waals surface area (Å²) in [6.07, 6.45) is 8.02. The molecular formula is C15H26O4. The monoisotopic (exact) mass is 270 g/mol. The molecule has 0 fully saturated rings. The zero-order valence-electron chi connectivity index (χ0n) is 12.2. The first-order chi connectivity index (χ1) is 8.86. The van der Waals surface area contributed by atoms with E-state index in [2.05, 4.69) is 13.5 Å². The van der Waals surface area contributed by atoms with Crippen LogP contribution in [-0.4, -0.2) is 22.2 Å². The van der Waals surface area contributed by atoms with E-state index in [0.29, 0.717) is 12.0 Å². The van der Waals surface area contributed by atoms with E-state index in [-0.39, 0.29) is 5.57 Å². The number of carbonyl (C=O) groups is 2. The van der Waals surface area contributed by atoms with Crippen LogP contribution in [0.2, 0.25) is 0 Å². The highest BCUT2D eigenvalue weighted by molar-refractivity contribution is 5.85. The summed E-state index contributed by atoms with van der Waals surface area (Å²) in [6, 6.07) is 0. The van der Waals surface area contributed by atoms with E-state index in [4.69, 9.17) is 10.2 Å². The number of allylic oxidation sites excluding steroid dienone is 1. The van der Waals surface area contributed by atoms with Crippen LogP contribution in [0, 0.1) is 0 Å². The molecule has 0 radical (unpaired) electrons. The Morgan fingerprint density at radius 1 is 1.05 bits per heavy atom. The molecule has 110 valence electrons. The number of rotatable bonds is 8. The van der Waals surface area contributed by atoms with Gasteiger partial charge in [0.05, 0.1) is 0 Å². The Morgan fingerprint density at radius 3 is 1.95 bits per heavy atom. The number of unbranched alkanes of at least 4 members (excludes halogenated alkanes) is 4. The SMILES string of the molecule is C=C(CC)C(=O)O.CCCCCCC=C(C)C(=O)O. The van der Waals surface area contributed by atoms with Crippen molar-refractivity contribution in [2.24, 2.45) is 0 Å². The summed E-state index contributed by atoms with van der Waals surface area (Å²) in [5.74, 6) is -1.70. The van der Waals surface area contributed by atoms with Gasteiger partial charge in [-0.15, -0.1) is 0 Å². The fraction of sp³-hybridized carbons (Fsp3) is 0.600. The van der Waals surface area contributed by atoms with Gasteiger partial charge in [0, 0.05) is 11.1 Å². The third kappa shape index (κ3) is 14.4. The quantitative estimate of drug-likeness (QED) is 0.516. The maximum absolute atomic E-state index is 10.4. The zero-order chi connectivity index (χ0) is 15.3. The highest BCUT2D eigenvalue weighted by Crippen LogP contribution is 2.05. The van der Waals surface area contributed by atoms with E-state index in [1.54, 1.807) is 19.9 Å². The molecule has 0 heterocycles. The molecule has 0 bridgehead atoms. The molecule has 0 unspecified atom stereocenters. The highest BCUT2D eigenvalue weighted by Gasteiger charge is 1.97. The smallest absolute Gasteiger partial charge is 0.330 e. The topological polar surface area (TPSA) is 74.6 Å². The molecule has 0 aliphatic heterocycles. The van der Waals surface area contributed by atoms with Crippen molar-refractivity contribution in [2.75, 3.05) is 0 Å². The van der Waals surface area contributed by atoms with Crippen molar-refractivity contribution in [1.29, 1.82) is 0 Å². The molecule has 0 aliphatic rings. The molecule has 19 heavy (non-hydrogen) atoms. The van der Waals surface area contributed by atoms with Crippen molar-refractivity contribution in [3.8, 4) is 0 Å². The van der Waals surface area contributed by atoms with Crippen LogP contribution in [0.5, 0.6) is 0 Å². The van der Waals surface area contributed by atoms with Crippen LogP contribution in [0.25, 0.3) is 0 Å². The summed E-state index contributed by atoms with van der Waals surface area (Å²) in [6.45, 7) is 8.84. The Kier molecular flexibility index (Phi) is 13.4. The van der Waals surface area contributed by atoms with E-state index in [0.717, 1.165) is 12.8 Å². The third-order valence-corrected chi connectivity index (χ3v) is 2.57. The summed E-state index contributed by atoms with van der Waals surface area (Å²) in [5.41, 5.74) is 0.728. The molecule has 2 N–H and O–H groups in total. The maximum Gasteiger partial charge on any atom is 0.330 e. The van der Waals surface area contributed by atoms with Crippen molar-refractivity contribution >= 4 is 11.9 Å². The molecular weight excluding hydrogens is 244 g/mol. The minimum atomic E-state index is -0.900. The summed E-state index contributed by atoms with van der Waals surface area (Å²) in [4.78, 5) is 20.2. The molecule has 0 aliphatic carbocycles. The predicted octanol–water partition coefficient (Wildman–Crippen LogP) is 4.02. The van der Waals surface area contributed by atoms with E-state index in [9.17, 15) is 9.59 Å². The summed E-state index contributed by atoms with van der Waals surface area (Å²) >= 11 is 0. The molecule has 0 saturated heterocycles. The second kappa shape index (κ2) is 12.9. The number of hydrogen-bond acceptors (Lipinski definition) is 2. The standard InChI is InChI=1S/C10H18O2.C5H8O2/c1-3-4-5-6-7-8-9(2)10(11)12;1-3-4(2)5(6)7/h8H,3-7H2,1-2H3,(H,11,12);2-3H2,1H3,(H,6,7). The van der Waals surface area contributed by atoms with Crippen molar-refractivity contribution in [3.05, 3.63) is 23.8 Å². The van der Waals surface area contributed by atoms with Gasteiger partial charge in [-0.05, 0) is 26.2 Å². The zero-order valence-corrected chi connectivity index (χ0v) is 12.2. The molecule has 0 amide bonds. The van der Waals surface area contributed by atoms with Gasteiger partial charge in [0.1, 0.15) is 0 Å². The van der Waals surface area contributed by atoms with Crippen molar-refractivity contribution in [2.45, 2.75) is 59.3 Å². The lowest BCUT2D eigenvalue weighted by atomic mass is 10.1. The molecule has 4 nitrogen and oxygen atoms in total. The lowest BCUT2D eigenvalue weighted by Crippen LogP contribution is -1.95. The largest absolute Gasteiger partial charge is 0.478 e. The number of hydrogen-bond donors (Lipinski definition) is 2. The van der Waals surface area contributed by atoms with Gasteiger partial charge in [-0.3, -0.25) is 0 Å². The van der Waals surface area contributed by atoms with E-state index < -0.39 is 11.9 Å². The van der Waals surface area contributed by atoms with Crippen LogP contribution in [-0.2, 0) is 9.59 Å². The third-order valence-electron chi connectivity index (χ3n) is 2.57. The fourth-order valence-electron chi connectivity index (χ4n) is 1.13. The maximum atomic E-state index is 10.4. The van der Waals surface area contributed by atoms with Gasteiger partial charge < -0.3 is 10.2 Å². The van der Waals surface area contributed by atoms with Gasteiger partial charge in [0.2, 0.25) is 0 Å². The average molecular weight is 270 g/mol. The van der Waals surface area contributed by atoms with Crippen LogP contribution in [0.3, 0.4) is 0 Å².